The Morgan fingerprint density at radius 2 is 1.31 bits per heavy atom. The number of carbonyl (C=O) groups excluding carboxylic acids is 1. The molecule has 36 heavy (non-hydrogen) atoms. The maximum Gasteiger partial charge on any atom is 0.217 e. The highest BCUT2D eigenvalue weighted by atomic mass is 16.8. The molecule has 3 heterocycles. The van der Waals surface area contributed by atoms with Crippen molar-refractivity contribution in [3.63, 3.8) is 0 Å². The Morgan fingerprint density at radius 3 is 1.89 bits per heavy atom. The number of ether oxygens (including phenoxy) is 5. The Kier molecular flexibility index (Phi) is 9.97. The molecule has 210 valence electrons. The second-order valence-corrected chi connectivity index (χ2v) is 9.05. The van der Waals surface area contributed by atoms with E-state index in [9.17, 15) is 50.8 Å². The van der Waals surface area contributed by atoms with Crippen molar-refractivity contribution >= 4 is 5.91 Å². The fourth-order valence-electron chi connectivity index (χ4n) is 4.38. The number of nitrogens with one attached hydrogen (secondary N) is 1. The molecule has 0 spiro atoms. The van der Waals surface area contributed by atoms with Gasteiger partial charge in [-0.15, -0.1) is 0 Å². The van der Waals surface area contributed by atoms with E-state index in [-0.39, 0.29) is 0 Å². The molecule has 3 aliphatic rings. The number of hydrogen-bond donors (Lipinski definition) is 10. The summed E-state index contributed by atoms with van der Waals surface area (Å²) in [6.07, 6.45) is -22.1. The molecule has 0 aromatic carbocycles. The van der Waals surface area contributed by atoms with E-state index in [0.29, 0.717) is 0 Å². The van der Waals surface area contributed by atoms with Crippen LogP contribution in [0.2, 0.25) is 0 Å². The van der Waals surface area contributed by atoms with Gasteiger partial charge in [-0.2, -0.15) is 0 Å². The lowest BCUT2D eigenvalue weighted by Crippen LogP contribution is -2.68. The molecule has 3 aliphatic heterocycles. The number of amides is 1. The third-order valence-corrected chi connectivity index (χ3v) is 6.46. The molecule has 0 bridgehead atoms. The SMILES string of the molecule is CC(=O)NC1[C@@H](O[C@@H]2C(O[C@@H]3OC(C)[C@H](O)[C@H](O)C3O)[C@H](O)OC(CO)[C@@H]2O)OC(CO)[C@H](O)[C@@H]1O. The molecule has 16 heteroatoms. The fraction of sp³-hybridized carbons (Fsp3) is 0.950. The van der Waals surface area contributed by atoms with Crippen LogP contribution >= 0.6 is 0 Å². The van der Waals surface area contributed by atoms with Crippen LogP contribution in [0.25, 0.3) is 0 Å². The van der Waals surface area contributed by atoms with Crippen LogP contribution in [-0.2, 0) is 28.5 Å². The molecule has 3 fully saturated rings. The van der Waals surface area contributed by atoms with Gasteiger partial charge in [0.2, 0.25) is 5.91 Å². The monoisotopic (exact) mass is 529 g/mol. The molecule has 0 saturated carbocycles. The quantitative estimate of drug-likeness (QED) is 0.147. The van der Waals surface area contributed by atoms with Crippen LogP contribution in [0.4, 0.5) is 0 Å². The standard InChI is InChI=1S/C20H35NO15/c1-5-10(25)14(29)15(30)20(32-5)36-17-16(12(27)8(4-23)33-18(17)31)35-19-9(21-6(2)24)13(28)11(26)7(3-22)34-19/h5,7-20,22-23,25-31H,3-4H2,1-2H3,(H,21,24)/t5?,7?,8?,9?,10-,11-,12-,13+,14-,15?,16-,17?,18+,19+,20-/m0/s1. The van der Waals surface area contributed by atoms with E-state index in [0.717, 1.165) is 6.92 Å². The van der Waals surface area contributed by atoms with Crippen LogP contribution < -0.4 is 5.32 Å². The summed E-state index contributed by atoms with van der Waals surface area (Å²) in [6.45, 7) is 1.00. The molecular formula is C20H35NO15. The minimum Gasteiger partial charge on any atom is -0.394 e. The van der Waals surface area contributed by atoms with Crippen molar-refractivity contribution in [1.29, 1.82) is 0 Å². The molecule has 0 aliphatic carbocycles. The minimum atomic E-state index is -1.89. The Balaban J connectivity index is 1.88. The summed E-state index contributed by atoms with van der Waals surface area (Å²) in [6, 6.07) is -1.41. The lowest BCUT2D eigenvalue weighted by Gasteiger charge is -2.48. The number of hydrogen-bond acceptors (Lipinski definition) is 15. The summed E-state index contributed by atoms with van der Waals surface area (Å²) in [5, 5.41) is 93.7. The predicted octanol–water partition coefficient (Wildman–Crippen LogP) is -6.40. The smallest absolute Gasteiger partial charge is 0.217 e. The van der Waals surface area contributed by atoms with Crippen LogP contribution in [0, 0.1) is 0 Å². The first-order chi connectivity index (χ1) is 16.9. The first kappa shape index (κ1) is 29.5. The van der Waals surface area contributed by atoms with E-state index in [1.54, 1.807) is 0 Å². The summed E-state index contributed by atoms with van der Waals surface area (Å²) < 4.78 is 27.4. The van der Waals surface area contributed by atoms with E-state index in [1.807, 2.05) is 0 Å². The lowest BCUT2D eigenvalue weighted by molar-refractivity contribution is -0.380. The van der Waals surface area contributed by atoms with Gasteiger partial charge in [-0.3, -0.25) is 4.79 Å². The first-order valence-electron chi connectivity index (χ1n) is 11.4. The molecule has 3 rings (SSSR count). The highest BCUT2D eigenvalue weighted by Gasteiger charge is 2.53. The largest absolute Gasteiger partial charge is 0.394 e. The molecule has 1 amide bonds. The van der Waals surface area contributed by atoms with Gasteiger partial charge < -0.3 is 75.0 Å². The fourth-order valence-corrected chi connectivity index (χ4v) is 4.38. The van der Waals surface area contributed by atoms with E-state index in [2.05, 4.69) is 5.32 Å². The number of rotatable bonds is 7. The summed E-state index contributed by atoms with van der Waals surface area (Å²) in [7, 11) is 0. The van der Waals surface area contributed by atoms with Crippen molar-refractivity contribution in [1.82, 2.24) is 5.32 Å². The molecule has 6 unspecified atom stereocenters. The highest BCUT2D eigenvalue weighted by Crippen LogP contribution is 2.32. The summed E-state index contributed by atoms with van der Waals surface area (Å²) in [4.78, 5) is 11.7. The highest BCUT2D eigenvalue weighted by molar-refractivity contribution is 5.73. The third kappa shape index (κ3) is 5.97. The van der Waals surface area contributed by atoms with Crippen molar-refractivity contribution in [3.05, 3.63) is 0 Å². The molecule has 3 saturated heterocycles. The molecule has 16 nitrogen and oxygen atoms in total. The molecular weight excluding hydrogens is 494 g/mol. The van der Waals surface area contributed by atoms with E-state index in [4.69, 9.17) is 23.7 Å². The Hall–Kier alpha value is -1.09. The van der Waals surface area contributed by atoms with Gasteiger partial charge in [0, 0.05) is 6.92 Å². The normalized spacial score (nSPS) is 50.0. The zero-order valence-electron chi connectivity index (χ0n) is 19.5. The van der Waals surface area contributed by atoms with E-state index < -0.39 is 111 Å². The first-order valence-corrected chi connectivity index (χ1v) is 11.4. The number of aliphatic hydroxyl groups excluding tert-OH is 9. The van der Waals surface area contributed by atoms with Gasteiger partial charge in [-0.05, 0) is 6.92 Å². The van der Waals surface area contributed by atoms with E-state index >= 15 is 0 Å². The molecule has 15 atom stereocenters. The van der Waals surface area contributed by atoms with Crippen molar-refractivity contribution in [2.24, 2.45) is 0 Å². The van der Waals surface area contributed by atoms with Gasteiger partial charge in [0.05, 0.1) is 19.3 Å². The van der Waals surface area contributed by atoms with Gasteiger partial charge >= 0.3 is 0 Å². The number of carbonyl (C=O) groups is 1. The molecule has 0 aromatic heterocycles. The second kappa shape index (κ2) is 12.2. The predicted molar refractivity (Wildman–Crippen MR) is 111 cm³/mol. The molecule has 0 aromatic rings. The van der Waals surface area contributed by atoms with Crippen molar-refractivity contribution in [3.8, 4) is 0 Å². The zero-order valence-corrected chi connectivity index (χ0v) is 19.5. The summed E-state index contributed by atoms with van der Waals surface area (Å²) in [5.74, 6) is -0.639. The Morgan fingerprint density at radius 1 is 0.722 bits per heavy atom. The van der Waals surface area contributed by atoms with Gasteiger partial charge in [0.15, 0.2) is 18.9 Å². The molecule has 10 N–H and O–H groups in total. The van der Waals surface area contributed by atoms with Crippen LogP contribution in [0.1, 0.15) is 13.8 Å². The minimum absolute atomic E-state index is 0.639. The van der Waals surface area contributed by atoms with Crippen molar-refractivity contribution in [2.75, 3.05) is 13.2 Å². The molecule has 0 radical (unpaired) electrons. The zero-order chi connectivity index (χ0) is 26.9. The Labute approximate surface area is 205 Å². The maximum atomic E-state index is 11.7. The number of aliphatic hydroxyl groups is 9. The van der Waals surface area contributed by atoms with Gasteiger partial charge in [-0.25, -0.2) is 0 Å². The lowest BCUT2D eigenvalue weighted by atomic mass is 9.95. The second-order valence-electron chi connectivity index (χ2n) is 9.05. The van der Waals surface area contributed by atoms with Gasteiger partial charge in [0.25, 0.3) is 0 Å². The van der Waals surface area contributed by atoms with Crippen LogP contribution in [0.5, 0.6) is 0 Å². The third-order valence-electron chi connectivity index (χ3n) is 6.46. The van der Waals surface area contributed by atoms with Gasteiger partial charge in [-0.1, -0.05) is 0 Å². The average Bonchev–Trinajstić information content (AvgIpc) is 2.84. The summed E-state index contributed by atoms with van der Waals surface area (Å²) >= 11 is 0. The average molecular weight is 529 g/mol. The Bertz CT molecular complexity index is 731. The van der Waals surface area contributed by atoms with Crippen LogP contribution in [-0.4, -0.2) is 157 Å². The van der Waals surface area contributed by atoms with Gasteiger partial charge in [0.1, 0.15) is 67.1 Å². The summed E-state index contributed by atoms with van der Waals surface area (Å²) in [5.41, 5.74) is 0. The van der Waals surface area contributed by atoms with Crippen LogP contribution in [0.15, 0.2) is 0 Å². The van der Waals surface area contributed by atoms with Crippen molar-refractivity contribution in [2.45, 2.75) is 106 Å². The van der Waals surface area contributed by atoms with Crippen LogP contribution in [0.3, 0.4) is 0 Å². The van der Waals surface area contributed by atoms with E-state index in [1.165, 1.54) is 6.92 Å². The maximum absolute atomic E-state index is 11.7. The topological polar surface area (TPSA) is 257 Å². The van der Waals surface area contributed by atoms with Crippen molar-refractivity contribution < 1.29 is 74.4 Å².